The van der Waals surface area contributed by atoms with Crippen LogP contribution in [0.15, 0.2) is 54.1 Å². The fraction of sp³-hybridized carbons (Fsp3) is 0.0588. The number of amides is 1. The van der Waals surface area contributed by atoms with E-state index in [0.29, 0.717) is 11.3 Å². The molecule has 7 nitrogen and oxygen atoms in total. The lowest BCUT2D eigenvalue weighted by atomic mass is 10.1. The van der Waals surface area contributed by atoms with E-state index in [2.05, 4.69) is 5.32 Å². The highest BCUT2D eigenvalue weighted by atomic mass is 16.6. The van der Waals surface area contributed by atoms with E-state index in [0.717, 1.165) is 0 Å². The van der Waals surface area contributed by atoms with Crippen molar-refractivity contribution < 1.29 is 14.5 Å². The molecule has 1 amide bonds. The minimum atomic E-state index is -0.720. The average molecular weight is 323 g/mol. The Morgan fingerprint density at radius 1 is 1.25 bits per heavy atom. The first-order valence-corrected chi connectivity index (χ1v) is 6.85. The Kier molecular flexibility index (Phi) is 5.26. The Bertz CT molecular complexity index is 836. The second-order valence-corrected chi connectivity index (χ2v) is 4.67. The normalized spacial score (nSPS) is 10.6. The predicted octanol–water partition coefficient (Wildman–Crippen LogP) is 3.15. The number of hydrogen-bond donors (Lipinski definition) is 1. The van der Waals surface area contributed by atoms with E-state index in [1.807, 2.05) is 0 Å². The fourth-order valence-electron chi connectivity index (χ4n) is 1.94. The van der Waals surface area contributed by atoms with Gasteiger partial charge < -0.3 is 10.1 Å². The van der Waals surface area contributed by atoms with Crippen molar-refractivity contribution in [3.8, 4) is 11.8 Å². The molecule has 24 heavy (non-hydrogen) atoms. The van der Waals surface area contributed by atoms with Gasteiger partial charge >= 0.3 is 0 Å². The van der Waals surface area contributed by atoms with Gasteiger partial charge in [-0.1, -0.05) is 24.3 Å². The standard InChI is InChI=1S/C17H13N3O4/c1-24-14-8-6-12(7-9-14)10-13(11-18)17(21)19-15-4-2-3-5-16(15)20(22)23/h2-10H,1H3,(H,19,21). The van der Waals surface area contributed by atoms with Crippen LogP contribution in [0, 0.1) is 21.4 Å². The third-order valence-electron chi connectivity index (χ3n) is 3.14. The van der Waals surface area contributed by atoms with E-state index >= 15 is 0 Å². The van der Waals surface area contributed by atoms with Crippen LogP contribution in [-0.4, -0.2) is 17.9 Å². The van der Waals surface area contributed by atoms with Gasteiger partial charge in [0.1, 0.15) is 23.1 Å². The number of benzene rings is 2. The van der Waals surface area contributed by atoms with Gasteiger partial charge in [0.05, 0.1) is 12.0 Å². The zero-order chi connectivity index (χ0) is 17.5. The first-order valence-electron chi connectivity index (χ1n) is 6.85. The highest BCUT2D eigenvalue weighted by Crippen LogP contribution is 2.24. The molecule has 0 heterocycles. The van der Waals surface area contributed by atoms with Crippen molar-refractivity contribution >= 4 is 23.4 Å². The first-order chi connectivity index (χ1) is 11.5. The fourth-order valence-corrected chi connectivity index (χ4v) is 1.94. The number of nitro groups is 1. The Morgan fingerprint density at radius 3 is 2.50 bits per heavy atom. The van der Waals surface area contributed by atoms with Crippen LogP contribution in [0.3, 0.4) is 0 Å². The van der Waals surface area contributed by atoms with Crippen molar-refractivity contribution in [3.63, 3.8) is 0 Å². The summed E-state index contributed by atoms with van der Waals surface area (Å²) in [5, 5.41) is 22.5. The monoisotopic (exact) mass is 323 g/mol. The van der Waals surface area contributed by atoms with Crippen LogP contribution in [-0.2, 0) is 4.79 Å². The number of carbonyl (C=O) groups is 1. The quantitative estimate of drug-likeness (QED) is 0.394. The molecule has 0 saturated carbocycles. The molecule has 2 aromatic rings. The number of ether oxygens (including phenoxy) is 1. The van der Waals surface area contributed by atoms with Gasteiger partial charge in [-0.25, -0.2) is 0 Å². The third-order valence-corrected chi connectivity index (χ3v) is 3.14. The molecule has 2 rings (SSSR count). The van der Waals surface area contributed by atoms with Crippen molar-refractivity contribution in [2.24, 2.45) is 0 Å². The highest BCUT2D eigenvalue weighted by molar-refractivity contribution is 6.10. The Balaban J connectivity index is 2.25. The number of anilines is 1. The number of nitriles is 1. The molecule has 7 heteroatoms. The molecule has 0 aliphatic heterocycles. The molecular weight excluding hydrogens is 310 g/mol. The summed E-state index contributed by atoms with van der Waals surface area (Å²) in [5.41, 5.74) is 0.249. The van der Waals surface area contributed by atoms with Crippen LogP contribution >= 0.6 is 0 Å². The first kappa shape index (κ1) is 16.7. The maximum Gasteiger partial charge on any atom is 0.292 e. The molecule has 0 aliphatic carbocycles. The summed E-state index contributed by atoms with van der Waals surface area (Å²) in [6, 6.07) is 14.3. The minimum Gasteiger partial charge on any atom is -0.497 e. The number of rotatable bonds is 5. The van der Waals surface area contributed by atoms with E-state index in [9.17, 15) is 20.2 Å². The van der Waals surface area contributed by atoms with Gasteiger partial charge in [-0.05, 0) is 29.8 Å². The van der Waals surface area contributed by atoms with Crippen LogP contribution in [0.4, 0.5) is 11.4 Å². The second-order valence-electron chi connectivity index (χ2n) is 4.67. The molecule has 0 saturated heterocycles. The average Bonchev–Trinajstić information content (AvgIpc) is 2.60. The van der Waals surface area contributed by atoms with Gasteiger partial charge in [-0.3, -0.25) is 14.9 Å². The lowest BCUT2D eigenvalue weighted by molar-refractivity contribution is -0.383. The largest absolute Gasteiger partial charge is 0.497 e. The molecule has 0 unspecified atom stereocenters. The van der Waals surface area contributed by atoms with Gasteiger partial charge in [-0.15, -0.1) is 0 Å². The number of para-hydroxylation sites is 2. The highest BCUT2D eigenvalue weighted by Gasteiger charge is 2.17. The SMILES string of the molecule is COc1ccc(C=C(C#N)C(=O)Nc2ccccc2[N+](=O)[O-])cc1. The zero-order valence-electron chi connectivity index (χ0n) is 12.7. The molecule has 0 atom stereocenters. The van der Waals surface area contributed by atoms with Crippen molar-refractivity contribution in [2.45, 2.75) is 0 Å². The van der Waals surface area contributed by atoms with E-state index in [1.165, 1.54) is 31.4 Å². The number of methoxy groups -OCH3 is 1. The molecule has 0 aromatic heterocycles. The summed E-state index contributed by atoms with van der Waals surface area (Å²) in [5.74, 6) is -0.0716. The van der Waals surface area contributed by atoms with Gasteiger partial charge in [0, 0.05) is 6.07 Å². The predicted molar refractivity (Wildman–Crippen MR) is 88.3 cm³/mol. The van der Waals surface area contributed by atoms with Gasteiger partial charge in [0.25, 0.3) is 11.6 Å². The van der Waals surface area contributed by atoms with Crippen LogP contribution < -0.4 is 10.1 Å². The summed E-state index contributed by atoms with van der Waals surface area (Å²) in [6.45, 7) is 0. The van der Waals surface area contributed by atoms with Crippen molar-refractivity contribution in [1.82, 2.24) is 0 Å². The maximum absolute atomic E-state index is 12.2. The smallest absolute Gasteiger partial charge is 0.292 e. The summed E-state index contributed by atoms with van der Waals surface area (Å²) in [4.78, 5) is 22.6. The molecular formula is C17H13N3O4. The van der Waals surface area contributed by atoms with Crippen LogP contribution in [0.1, 0.15) is 5.56 Å². The Morgan fingerprint density at radius 2 is 1.92 bits per heavy atom. The van der Waals surface area contributed by atoms with E-state index in [1.54, 1.807) is 36.4 Å². The summed E-state index contributed by atoms with van der Waals surface area (Å²) in [6.07, 6.45) is 1.39. The molecule has 0 spiro atoms. The van der Waals surface area contributed by atoms with Crippen molar-refractivity contribution in [3.05, 3.63) is 69.8 Å². The molecule has 0 radical (unpaired) electrons. The van der Waals surface area contributed by atoms with Crippen LogP contribution in [0.2, 0.25) is 0 Å². The lowest BCUT2D eigenvalue weighted by Crippen LogP contribution is -2.14. The molecule has 1 N–H and O–H groups in total. The number of nitrogens with one attached hydrogen (secondary N) is 1. The van der Waals surface area contributed by atoms with Gasteiger partial charge in [0.15, 0.2) is 0 Å². The zero-order valence-corrected chi connectivity index (χ0v) is 12.7. The third kappa shape index (κ3) is 3.96. The van der Waals surface area contributed by atoms with Gasteiger partial charge in [-0.2, -0.15) is 5.26 Å². The maximum atomic E-state index is 12.2. The number of nitro benzene ring substituents is 1. The van der Waals surface area contributed by atoms with Crippen molar-refractivity contribution in [1.29, 1.82) is 5.26 Å². The Labute approximate surface area is 137 Å². The number of nitrogens with zero attached hydrogens (tertiary/aromatic N) is 2. The van der Waals surface area contributed by atoms with E-state index in [-0.39, 0.29) is 16.9 Å². The van der Waals surface area contributed by atoms with E-state index in [4.69, 9.17) is 4.74 Å². The second kappa shape index (κ2) is 7.56. The Hall–Kier alpha value is -3.66. The summed E-state index contributed by atoms with van der Waals surface area (Å²) >= 11 is 0. The minimum absolute atomic E-state index is 0.0309. The summed E-state index contributed by atoms with van der Waals surface area (Å²) in [7, 11) is 1.53. The van der Waals surface area contributed by atoms with Crippen molar-refractivity contribution in [2.75, 3.05) is 12.4 Å². The topological polar surface area (TPSA) is 105 Å². The molecule has 0 aliphatic rings. The molecule has 0 bridgehead atoms. The number of hydrogen-bond acceptors (Lipinski definition) is 5. The molecule has 2 aromatic carbocycles. The molecule has 0 fully saturated rings. The van der Waals surface area contributed by atoms with E-state index < -0.39 is 10.8 Å². The van der Waals surface area contributed by atoms with Crippen LogP contribution in [0.25, 0.3) is 6.08 Å². The van der Waals surface area contributed by atoms with Gasteiger partial charge in [0.2, 0.25) is 0 Å². The van der Waals surface area contributed by atoms with Crippen LogP contribution in [0.5, 0.6) is 5.75 Å². The molecule has 120 valence electrons. The lowest BCUT2D eigenvalue weighted by Gasteiger charge is -2.05. The summed E-state index contributed by atoms with van der Waals surface area (Å²) < 4.78 is 5.03. The number of carbonyl (C=O) groups excluding carboxylic acids is 1.